The quantitative estimate of drug-likeness (QED) is 0.530. The second-order valence-corrected chi connectivity index (χ2v) is 4.01. The van der Waals surface area contributed by atoms with Crippen LogP contribution in [0.1, 0.15) is 24.3 Å². The van der Waals surface area contributed by atoms with Crippen LogP contribution in [0.5, 0.6) is 0 Å². The van der Waals surface area contributed by atoms with Crippen molar-refractivity contribution in [3.63, 3.8) is 0 Å². The maximum Gasteiger partial charge on any atom is 0.326 e. The molecule has 0 aromatic carbocycles. The van der Waals surface area contributed by atoms with Crippen LogP contribution < -0.4 is 16.6 Å². The summed E-state index contributed by atoms with van der Waals surface area (Å²) in [4.78, 5) is 37.8. The minimum atomic E-state index is -0.743. The van der Waals surface area contributed by atoms with Crippen LogP contribution in [-0.2, 0) is 0 Å². The number of aromatic nitrogens is 2. The zero-order valence-electron chi connectivity index (χ0n) is 9.61. The first kappa shape index (κ1) is 13.2. The Morgan fingerprint density at radius 1 is 1.41 bits per heavy atom. The summed E-state index contributed by atoms with van der Waals surface area (Å²) in [5.41, 5.74) is -1.52. The van der Waals surface area contributed by atoms with E-state index in [0.29, 0.717) is 0 Å². The third-order valence-corrected chi connectivity index (χ3v) is 2.32. The molecule has 1 aromatic heterocycles. The molecule has 0 radical (unpaired) electrons. The van der Waals surface area contributed by atoms with E-state index in [1.807, 2.05) is 18.8 Å². The van der Waals surface area contributed by atoms with Crippen molar-refractivity contribution in [2.45, 2.75) is 19.9 Å². The van der Waals surface area contributed by atoms with Crippen LogP contribution in [0.3, 0.4) is 0 Å². The normalized spacial score (nSPS) is 12.5. The first-order valence-corrected chi connectivity index (χ1v) is 5.19. The molecule has 0 saturated carbocycles. The van der Waals surface area contributed by atoms with E-state index in [1.54, 1.807) is 0 Å². The summed E-state index contributed by atoms with van der Waals surface area (Å²) in [6, 6.07) is 0.566. The van der Waals surface area contributed by atoms with Crippen molar-refractivity contribution in [1.29, 1.82) is 0 Å². The Balaban J connectivity index is 2.90. The average molecular weight is 241 g/mol. The second kappa shape index (κ2) is 5.44. The van der Waals surface area contributed by atoms with Crippen molar-refractivity contribution in [2.75, 3.05) is 6.61 Å². The molecule has 0 aliphatic rings. The van der Waals surface area contributed by atoms with Gasteiger partial charge in [0.2, 0.25) is 0 Å². The van der Waals surface area contributed by atoms with Gasteiger partial charge in [-0.2, -0.15) is 0 Å². The van der Waals surface area contributed by atoms with Gasteiger partial charge in [0.1, 0.15) is 5.69 Å². The van der Waals surface area contributed by atoms with E-state index in [9.17, 15) is 14.4 Å². The van der Waals surface area contributed by atoms with Gasteiger partial charge in [-0.1, -0.05) is 13.8 Å². The summed E-state index contributed by atoms with van der Waals surface area (Å²) in [6.07, 6.45) is 0. The minimum absolute atomic E-state index is 0.0395. The van der Waals surface area contributed by atoms with Crippen molar-refractivity contribution < 1.29 is 9.90 Å². The SMILES string of the molecule is CC(C)C(CO)NC(=O)c1cc(=O)[nH]c(=O)[nH]1. The Morgan fingerprint density at radius 3 is 2.53 bits per heavy atom. The van der Waals surface area contributed by atoms with Crippen molar-refractivity contribution in [3.05, 3.63) is 32.6 Å². The highest BCUT2D eigenvalue weighted by molar-refractivity contribution is 5.92. The number of amides is 1. The predicted octanol–water partition coefficient (Wildman–Crippen LogP) is -1.19. The van der Waals surface area contributed by atoms with Crippen LogP contribution in [0.25, 0.3) is 0 Å². The highest BCUT2D eigenvalue weighted by Gasteiger charge is 2.17. The van der Waals surface area contributed by atoms with E-state index in [0.717, 1.165) is 6.07 Å². The lowest BCUT2D eigenvalue weighted by Gasteiger charge is -2.19. The van der Waals surface area contributed by atoms with Crippen LogP contribution in [0.4, 0.5) is 0 Å². The van der Waals surface area contributed by atoms with Gasteiger partial charge in [-0.25, -0.2) is 4.79 Å². The molecule has 0 saturated heterocycles. The fourth-order valence-corrected chi connectivity index (χ4v) is 1.26. The van der Waals surface area contributed by atoms with E-state index in [1.165, 1.54) is 0 Å². The van der Waals surface area contributed by atoms with E-state index < -0.39 is 23.2 Å². The number of aliphatic hydroxyl groups is 1. The highest BCUT2D eigenvalue weighted by Crippen LogP contribution is 2.01. The van der Waals surface area contributed by atoms with Crippen molar-refractivity contribution in [3.8, 4) is 0 Å². The minimum Gasteiger partial charge on any atom is -0.394 e. The van der Waals surface area contributed by atoms with Crippen LogP contribution in [-0.4, -0.2) is 33.6 Å². The Hall–Kier alpha value is -1.89. The lowest BCUT2D eigenvalue weighted by Crippen LogP contribution is -2.42. The smallest absolute Gasteiger partial charge is 0.326 e. The average Bonchev–Trinajstić information content (AvgIpc) is 2.23. The second-order valence-electron chi connectivity index (χ2n) is 4.01. The number of aromatic amines is 2. The standard InChI is InChI=1S/C10H15N3O4/c1-5(2)7(4-14)11-9(16)6-3-8(15)13-10(17)12-6/h3,5,7,14H,4H2,1-2H3,(H,11,16)(H2,12,13,15,17). The maximum absolute atomic E-state index is 11.7. The third-order valence-electron chi connectivity index (χ3n) is 2.32. The van der Waals surface area contributed by atoms with E-state index in [2.05, 4.69) is 10.3 Å². The first-order chi connectivity index (χ1) is 7.93. The topological polar surface area (TPSA) is 115 Å². The molecule has 1 unspecified atom stereocenters. The van der Waals surface area contributed by atoms with Gasteiger partial charge in [-0.15, -0.1) is 0 Å². The molecular weight excluding hydrogens is 226 g/mol. The molecule has 0 aliphatic carbocycles. The molecule has 17 heavy (non-hydrogen) atoms. The number of hydrogen-bond donors (Lipinski definition) is 4. The zero-order valence-corrected chi connectivity index (χ0v) is 9.61. The van der Waals surface area contributed by atoms with E-state index >= 15 is 0 Å². The van der Waals surface area contributed by atoms with E-state index in [-0.39, 0.29) is 18.2 Å². The van der Waals surface area contributed by atoms with Gasteiger partial charge in [0, 0.05) is 6.07 Å². The Morgan fingerprint density at radius 2 is 2.06 bits per heavy atom. The summed E-state index contributed by atoms with van der Waals surface area (Å²) < 4.78 is 0. The van der Waals surface area contributed by atoms with Gasteiger partial charge in [-0.05, 0) is 5.92 Å². The zero-order chi connectivity index (χ0) is 13.0. The molecule has 1 amide bonds. The summed E-state index contributed by atoms with van der Waals surface area (Å²) in [5.74, 6) is -0.557. The highest BCUT2D eigenvalue weighted by atomic mass is 16.3. The van der Waals surface area contributed by atoms with Crippen molar-refractivity contribution in [2.24, 2.45) is 5.92 Å². The molecule has 1 aromatic rings. The Bertz CT molecular complexity index is 475. The largest absolute Gasteiger partial charge is 0.394 e. The summed E-state index contributed by atoms with van der Waals surface area (Å²) >= 11 is 0. The predicted molar refractivity (Wildman–Crippen MR) is 60.9 cm³/mol. The molecule has 7 heteroatoms. The Labute approximate surface area is 96.9 Å². The van der Waals surface area contributed by atoms with Gasteiger partial charge in [0.15, 0.2) is 0 Å². The summed E-state index contributed by atoms with van der Waals surface area (Å²) in [5, 5.41) is 11.6. The molecule has 0 fully saturated rings. The number of hydrogen-bond acceptors (Lipinski definition) is 4. The number of nitrogens with one attached hydrogen (secondary N) is 3. The Kier molecular flexibility index (Phi) is 4.22. The van der Waals surface area contributed by atoms with E-state index in [4.69, 9.17) is 5.11 Å². The molecule has 0 aliphatic heterocycles. The number of H-pyrrole nitrogens is 2. The molecule has 94 valence electrons. The molecule has 4 N–H and O–H groups in total. The molecule has 0 bridgehead atoms. The fourth-order valence-electron chi connectivity index (χ4n) is 1.26. The fraction of sp³-hybridized carbons (Fsp3) is 0.500. The van der Waals surface area contributed by atoms with Crippen LogP contribution in [0.2, 0.25) is 0 Å². The lowest BCUT2D eigenvalue weighted by molar-refractivity contribution is 0.0891. The number of aliphatic hydroxyl groups excluding tert-OH is 1. The number of carbonyl (C=O) groups is 1. The van der Waals surface area contributed by atoms with Gasteiger partial charge in [-0.3, -0.25) is 14.6 Å². The summed E-state index contributed by atoms with van der Waals surface area (Å²) in [6.45, 7) is 3.46. The maximum atomic E-state index is 11.7. The third kappa shape index (κ3) is 3.56. The van der Waals surface area contributed by atoms with Crippen molar-refractivity contribution in [1.82, 2.24) is 15.3 Å². The lowest BCUT2D eigenvalue weighted by atomic mass is 10.1. The van der Waals surface area contributed by atoms with Crippen molar-refractivity contribution >= 4 is 5.91 Å². The first-order valence-electron chi connectivity index (χ1n) is 5.19. The van der Waals surface area contributed by atoms with Gasteiger partial charge < -0.3 is 15.4 Å². The number of carbonyl (C=O) groups excluding carboxylic acids is 1. The van der Waals surface area contributed by atoms with Gasteiger partial charge in [0.05, 0.1) is 12.6 Å². The van der Waals surface area contributed by atoms with Gasteiger partial charge >= 0.3 is 5.69 Å². The monoisotopic (exact) mass is 241 g/mol. The molecule has 1 heterocycles. The molecule has 1 atom stereocenters. The molecular formula is C10H15N3O4. The van der Waals surface area contributed by atoms with Crippen LogP contribution >= 0.6 is 0 Å². The molecule has 0 spiro atoms. The molecule has 1 rings (SSSR count). The number of rotatable bonds is 4. The van der Waals surface area contributed by atoms with Crippen LogP contribution in [0.15, 0.2) is 15.7 Å². The summed E-state index contributed by atoms with van der Waals surface area (Å²) in [7, 11) is 0. The van der Waals surface area contributed by atoms with Gasteiger partial charge in [0.25, 0.3) is 11.5 Å². The molecule has 7 nitrogen and oxygen atoms in total. The van der Waals surface area contributed by atoms with Crippen LogP contribution in [0, 0.1) is 5.92 Å².